The highest BCUT2D eigenvalue weighted by molar-refractivity contribution is 5.95. The van der Waals surface area contributed by atoms with E-state index in [1.54, 1.807) is 31.6 Å². The van der Waals surface area contributed by atoms with Crippen molar-refractivity contribution in [1.82, 2.24) is 20.0 Å². The number of rotatable bonds is 7. The van der Waals surface area contributed by atoms with Crippen molar-refractivity contribution in [2.45, 2.75) is 33.6 Å². The molecule has 2 aromatic heterocycles. The Balaban J connectivity index is 1.51. The third kappa shape index (κ3) is 5.28. The minimum atomic E-state index is -0.237. The molecule has 0 saturated carbocycles. The second-order valence-electron chi connectivity index (χ2n) is 7.32. The summed E-state index contributed by atoms with van der Waals surface area (Å²) < 4.78 is 5.21. The highest BCUT2D eigenvalue weighted by Gasteiger charge is 2.16. The lowest BCUT2D eigenvalue weighted by molar-refractivity contribution is -0.133. The van der Waals surface area contributed by atoms with Crippen LogP contribution >= 0.6 is 0 Å². The van der Waals surface area contributed by atoms with Crippen molar-refractivity contribution in [3.8, 4) is 11.4 Å². The van der Waals surface area contributed by atoms with Gasteiger partial charge in [0.15, 0.2) is 0 Å². The van der Waals surface area contributed by atoms with Crippen molar-refractivity contribution >= 4 is 17.5 Å². The lowest BCUT2D eigenvalue weighted by Gasteiger charge is -2.18. The fraction of sp³-hybridized carbons (Fsp3) is 0.318. The number of pyridine rings is 1. The van der Waals surface area contributed by atoms with Gasteiger partial charge in [0, 0.05) is 43.5 Å². The van der Waals surface area contributed by atoms with Crippen molar-refractivity contribution < 1.29 is 14.1 Å². The Bertz CT molecular complexity index is 1020. The molecule has 0 bridgehead atoms. The van der Waals surface area contributed by atoms with Crippen molar-refractivity contribution in [3.05, 3.63) is 59.2 Å². The number of aryl methyl sites for hydroxylation is 4. The molecule has 0 atom stereocenters. The van der Waals surface area contributed by atoms with Gasteiger partial charge in [-0.05, 0) is 44.0 Å². The molecule has 3 aromatic rings. The van der Waals surface area contributed by atoms with Crippen LogP contribution in [0.1, 0.15) is 29.0 Å². The fourth-order valence-electron chi connectivity index (χ4n) is 3.24. The van der Waals surface area contributed by atoms with Gasteiger partial charge in [-0.2, -0.15) is 4.98 Å². The van der Waals surface area contributed by atoms with Crippen molar-refractivity contribution in [1.29, 1.82) is 0 Å². The second kappa shape index (κ2) is 9.30. The molecule has 3 rings (SSSR count). The Labute approximate surface area is 175 Å². The van der Waals surface area contributed by atoms with Crippen molar-refractivity contribution in [2.75, 3.05) is 18.9 Å². The van der Waals surface area contributed by atoms with E-state index in [9.17, 15) is 9.59 Å². The van der Waals surface area contributed by atoms with Crippen molar-refractivity contribution in [3.63, 3.8) is 0 Å². The Kier molecular flexibility index (Phi) is 6.56. The van der Waals surface area contributed by atoms with E-state index in [-0.39, 0.29) is 24.8 Å². The number of aromatic nitrogens is 3. The van der Waals surface area contributed by atoms with E-state index in [2.05, 4.69) is 20.4 Å². The maximum absolute atomic E-state index is 12.4. The molecule has 0 spiro atoms. The van der Waals surface area contributed by atoms with Gasteiger partial charge >= 0.3 is 0 Å². The van der Waals surface area contributed by atoms with Gasteiger partial charge in [-0.25, -0.2) is 0 Å². The zero-order chi connectivity index (χ0) is 21.7. The monoisotopic (exact) mass is 407 g/mol. The van der Waals surface area contributed by atoms with Gasteiger partial charge in [-0.1, -0.05) is 22.9 Å². The van der Waals surface area contributed by atoms with E-state index in [1.165, 1.54) is 4.90 Å². The van der Waals surface area contributed by atoms with Gasteiger partial charge in [0.05, 0.1) is 6.54 Å². The number of nitrogens with zero attached hydrogens (tertiary/aromatic N) is 4. The summed E-state index contributed by atoms with van der Waals surface area (Å²) in [7, 11) is 1.60. The number of likely N-dealkylation sites (N-methyl/N-ethyl adjacent to an activating group) is 1. The van der Waals surface area contributed by atoms with Crippen LogP contribution in [0.5, 0.6) is 0 Å². The molecule has 0 fully saturated rings. The van der Waals surface area contributed by atoms with Crippen LogP contribution in [0, 0.1) is 20.8 Å². The SMILES string of the molecule is Cc1cc(C)c(NC(=O)CN(C)C(=O)CCc2nc(-c3ccncc3)no2)c(C)c1. The molecular weight excluding hydrogens is 382 g/mol. The number of amides is 2. The first-order chi connectivity index (χ1) is 14.3. The van der Waals surface area contributed by atoms with Gasteiger partial charge < -0.3 is 14.7 Å². The fourth-order valence-corrected chi connectivity index (χ4v) is 3.24. The predicted molar refractivity (Wildman–Crippen MR) is 113 cm³/mol. The minimum absolute atomic E-state index is 0.0301. The Hall–Kier alpha value is -3.55. The summed E-state index contributed by atoms with van der Waals surface area (Å²) in [5, 5.41) is 6.83. The Morgan fingerprint density at radius 2 is 1.77 bits per heavy atom. The summed E-state index contributed by atoms with van der Waals surface area (Å²) in [6, 6.07) is 7.59. The minimum Gasteiger partial charge on any atom is -0.339 e. The number of carbonyl (C=O) groups is 2. The van der Waals surface area contributed by atoms with Crippen LogP contribution in [0.25, 0.3) is 11.4 Å². The van der Waals surface area contributed by atoms with Gasteiger partial charge in [-0.15, -0.1) is 0 Å². The van der Waals surface area contributed by atoms with Crippen LogP contribution in [0.3, 0.4) is 0 Å². The number of carbonyl (C=O) groups excluding carboxylic acids is 2. The van der Waals surface area contributed by atoms with Crippen LogP contribution in [0.15, 0.2) is 41.2 Å². The topological polar surface area (TPSA) is 101 Å². The molecule has 1 N–H and O–H groups in total. The quantitative estimate of drug-likeness (QED) is 0.646. The molecule has 0 radical (unpaired) electrons. The van der Waals surface area contributed by atoms with Gasteiger partial charge in [-0.3, -0.25) is 14.6 Å². The largest absolute Gasteiger partial charge is 0.339 e. The zero-order valence-electron chi connectivity index (χ0n) is 17.6. The van der Waals surface area contributed by atoms with E-state index >= 15 is 0 Å². The normalized spacial score (nSPS) is 10.7. The summed E-state index contributed by atoms with van der Waals surface area (Å²) >= 11 is 0. The zero-order valence-corrected chi connectivity index (χ0v) is 17.6. The predicted octanol–water partition coefficient (Wildman–Crippen LogP) is 3.09. The number of anilines is 1. The molecule has 0 saturated heterocycles. The standard InChI is InChI=1S/C22H25N5O3/c1-14-11-15(2)21(16(3)12-14)24-18(28)13-27(4)20(29)6-5-19-25-22(26-30-19)17-7-9-23-10-8-17/h7-12H,5-6,13H2,1-4H3,(H,24,28). The molecule has 0 aliphatic heterocycles. The maximum Gasteiger partial charge on any atom is 0.243 e. The molecule has 0 aliphatic carbocycles. The Morgan fingerprint density at radius 1 is 1.10 bits per heavy atom. The van der Waals surface area contributed by atoms with Gasteiger partial charge in [0.2, 0.25) is 23.5 Å². The van der Waals surface area contributed by atoms with Gasteiger partial charge in [0.1, 0.15) is 0 Å². The molecule has 8 heteroatoms. The van der Waals surface area contributed by atoms with Crippen LogP contribution in [0.4, 0.5) is 5.69 Å². The molecule has 8 nitrogen and oxygen atoms in total. The molecule has 2 heterocycles. The average Bonchev–Trinajstić information content (AvgIpc) is 3.18. The van der Waals surface area contributed by atoms with Crippen LogP contribution in [-0.2, 0) is 16.0 Å². The molecule has 1 aromatic carbocycles. The van der Waals surface area contributed by atoms with E-state index in [4.69, 9.17) is 4.52 Å². The van der Waals surface area contributed by atoms with E-state index in [0.29, 0.717) is 18.1 Å². The highest BCUT2D eigenvalue weighted by atomic mass is 16.5. The van der Waals surface area contributed by atoms with E-state index in [0.717, 1.165) is 27.9 Å². The van der Waals surface area contributed by atoms with Crippen LogP contribution in [-0.4, -0.2) is 45.4 Å². The summed E-state index contributed by atoms with van der Waals surface area (Å²) in [4.78, 5) is 34.5. The van der Waals surface area contributed by atoms with Crippen molar-refractivity contribution in [2.24, 2.45) is 0 Å². The second-order valence-corrected chi connectivity index (χ2v) is 7.32. The Morgan fingerprint density at radius 3 is 2.43 bits per heavy atom. The summed E-state index contributed by atoms with van der Waals surface area (Å²) in [5.74, 6) is 0.417. The number of hydrogen-bond acceptors (Lipinski definition) is 6. The average molecular weight is 407 g/mol. The van der Waals surface area contributed by atoms with Crippen LogP contribution in [0.2, 0.25) is 0 Å². The van der Waals surface area contributed by atoms with Gasteiger partial charge in [0.25, 0.3) is 0 Å². The first-order valence-corrected chi connectivity index (χ1v) is 9.68. The lowest BCUT2D eigenvalue weighted by atomic mass is 10.1. The van der Waals surface area contributed by atoms with E-state index < -0.39 is 0 Å². The molecule has 0 aliphatic rings. The van der Waals surface area contributed by atoms with Crippen LogP contribution < -0.4 is 5.32 Å². The summed E-state index contributed by atoms with van der Waals surface area (Å²) in [6.07, 6.45) is 3.77. The molecule has 0 unspecified atom stereocenters. The van der Waals surface area contributed by atoms with E-state index in [1.807, 2.05) is 32.9 Å². The third-order valence-electron chi connectivity index (χ3n) is 4.71. The number of benzene rings is 1. The smallest absolute Gasteiger partial charge is 0.243 e. The highest BCUT2D eigenvalue weighted by Crippen LogP contribution is 2.22. The lowest BCUT2D eigenvalue weighted by Crippen LogP contribution is -2.35. The molecule has 2 amide bonds. The maximum atomic E-state index is 12.4. The summed E-state index contributed by atoms with van der Waals surface area (Å²) in [5.41, 5.74) is 4.72. The molecular formula is C22H25N5O3. The first kappa shape index (κ1) is 21.2. The third-order valence-corrected chi connectivity index (χ3v) is 4.71. The number of nitrogens with one attached hydrogen (secondary N) is 1. The summed E-state index contributed by atoms with van der Waals surface area (Å²) in [6.45, 7) is 5.89. The first-order valence-electron chi connectivity index (χ1n) is 9.68. The molecule has 30 heavy (non-hydrogen) atoms. The number of hydrogen-bond donors (Lipinski definition) is 1. The molecule has 156 valence electrons.